The third-order valence-electron chi connectivity index (χ3n) is 6.82. The average Bonchev–Trinajstić information content (AvgIpc) is 3.44. The first-order chi connectivity index (χ1) is 19.7. The van der Waals surface area contributed by atoms with Gasteiger partial charge in [0.15, 0.2) is 6.29 Å². The van der Waals surface area contributed by atoms with Crippen LogP contribution in [0.3, 0.4) is 0 Å². The van der Waals surface area contributed by atoms with E-state index in [0.717, 1.165) is 18.2 Å². The first-order valence-electron chi connectivity index (χ1n) is 12.8. The molecule has 0 aliphatic carbocycles. The monoisotopic (exact) mass is 613 g/mol. The largest absolute Gasteiger partial charge is 0.416 e. The Kier molecular flexibility index (Phi) is 9.55. The Bertz CT molecular complexity index is 1370. The van der Waals surface area contributed by atoms with Crippen LogP contribution in [0, 0.1) is 0 Å². The molecule has 226 valence electrons. The summed E-state index contributed by atoms with van der Waals surface area (Å²) in [6.45, 7) is 3.96. The number of halogens is 6. The Hall–Kier alpha value is -3.13. The molecule has 0 radical (unpaired) electrons. The van der Waals surface area contributed by atoms with E-state index in [0.29, 0.717) is 0 Å². The van der Waals surface area contributed by atoms with Gasteiger partial charge in [-0.15, -0.1) is 11.8 Å². The fourth-order valence-electron chi connectivity index (χ4n) is 4.52. The maximum atomic E-state index is 13.2. The predicted octanol–water partition coefficient (Wildman–Crippen LogP) is 6.73. The minimum absolute atomic E-state index is 0.0326. The molecule has 42 heavy (non-hydrogen) atoms. The van der Waals surface area contributed by atoms with Crippen molar-refractivity contribution in [2.45, 2.75) is 54.6 Å². The van der Waals surface area contributed by atoms with Gasteiger partial charge in [0.25, 0.3) is 0 Å². The molecule has 0 saturated carbocycles. The summed E-state index contributed by atoms with van der Waals surface area (Å²) in [5.74, 6) is 0. The second-order valence-corrected chi connectivity index (χ2v) is 12.1. The molecule has 1 atom stereocenters. The maximum absolute atomic E-state index is 13.2. The maximum Gasteiger partial charge on any atom is 0.416 e. The van der Waals surface area contributed by atoms with E-state index < -0.39 is 40.1 Å². The van der Waals surface area contributed by atoms with E-state index in [4.69, 9.17) is 9.47 Å². The number of aromatic nitrogens is 3. The van der Waals surface area contributed by atoms with Crippen LogP contribution in [0.5, 0.6) is 0 Å². The number of nitrogens with zero attached hydrogens (tertiary/aromatic N) is 3. The summed E-state index contributed by atoms with van der Waals surface area (Å²) in [6, 6.07) is 9.63. The molecule has 13 heteroatoms. The van der Waals surface area contributed by atoms with Crippen molar-refractivity contribution in [3.05, 3.63) is 102 Å². The van der Waals surface area contributed by atoms with E-state index in [1.165, 1.54) is 77.7 Å². The Balaban J connectivity index is 1.41. The van der Waals surface area contributed by atoms with Crippen LogP contribution in [0.2, 0.25) is 0 Å². The lowest BCUT2D eigenvalue weighted by atomic mass is 9.82. The number of hydrogen-bond acceptors (Lipinski definition) is 6. The number of thioether (sulfide) groups is 1. The minimum atomic E-state index is -4.52. The van der Waals surface area contributed by atoms with Gasteiger partial charge in [-0.2, -0.15) is 31.4 Å². The first-order valence-corrected chi connectivity index (χ1v) is 13.7. The van der Waals surface area contributed by atoms with Crippen molar-refractivity contribution in [3.63, 3.8) is 0 Å². The van der Waals surface area contributed by atoms with E-state index in [1.807, 2.05) is 0 Å². The van der Waals surface area contributed by atoms with Gasteiger partial charge in [-0.3, -0.25) is 0 Å². The number of hydrogen-bond donors (Lipinski definition) is 1. The fourth-order valence-corrected chi connectivity index (χ4v) is 6.03. The molecule has 3 aromatic rings. The van der Waals surface area contributed by atoms with Crippen LogP contribution in [0.15, 0.2) is 79.4 Å². The molecule has 1 unspecified atom stereocenters. The van der Waals surface area contributed by atoms with Crippen molar-refractivity contribution in [2.75, 3.05) is 13.2 Å². The van der Waals surface area contributed by atoms with Crippen molar-refractivity contribution in [1.29, 1.82) is 0 Å². The Morgan fingerprint density at radius 2 is 1.57 bits per heavy atom. The lowest BCUT2D eigenvalue weighted by Gasteiger charge is -2.45. The summed E-state index contributed by atoms with van der Waals surface area (Å²) in [5, 5.41) is 15.8. The number of allylic oxidation sites excluding steroid dienone is 2. The third kappa shape index (κ3) is 7.63. The molecular formula is C29H29F6N3O3S. The first kappa shape index (κ1) is 31.8. The zero-order valence-electron chi connectivity index (χ0n) is 22.6. The highest BCUT2D eigenvalue weighted by Gasteiger charge is 2.48. The smallest absolute Gasteiger partial charge is 0.382 e. The Morgan fingerprint density at radius 3 is 2.17 bits per heavy atom. The zero-order valence-corrected chi connectivity index (χ0v) is 23.5. The average molecular weight is 614 g/mol. The molecule has 4 rings (SSSR count). The molecule has 0 spiro atoms. The Morgan fingerprint density at radius 1 is 0.929 bits per heavy atom. The second kappa shape index (κ2) is 12.6. The van der Waals surface area contributed by atoms with Gasteiger partial charge >= 0.3 is 12.4 Å². The number of benzene rings is 2. The van der Waals surface area contributed by atoms with E-state index >= 15 is 0 Å². The summed E-state index contributed by atoms with van der Waals surface area (Å²) in [4.78, 5) is 3.90. The van der Waals surface area contributed by atoms with Gasteiger partial charge in [0.1, 0.15) is 18.3 Å². The lowest BCUT2D eigenvalue weighted by Crippen LogP contribution is -2.50. The van der Waals surface area contributed by atoms with Crippen LogP contribution < -0.4 is 0 Å². The number of aliphatic hydroxyl groups is 1. The Labute approximate surface area is 243 Å². The molecular weight excluding hydrogens is 584 g/mol. The summed E-state index contributed by atoms with van der Waals surface area (Å²) in [7, 11) is 0. The van der Waals surface area contributed by atoms with Gasteiger partial charge in [0.2, 0.25) is 0 Å². The van der Waals surface area contributed by atoms with E-state index in [2.05, 4.69) is 10.1 Å². The molecule has 6 nitrogen and oxygen atoms in total. The highest BCUT2D eigenvalue weighted by molar-refractivity contribution is 8.01. The summed E-state index contributed by atoms with van der Waals surface area (Å²) in [6.07, 6.45) is -1.07. The van der Waals surface area contributed by atoms with Crippen LogP contribution >= 0.6 is 11.8 Å². The van der Waals surface area contributed by atoms with E-state index in [1.54, 1.807) is 19.9 Å². The molecule has 2 heterocycles. The fraction of sp³-hybridized carbons (Fsp3) is 0.379. The molecule has 0 bridgehead atoms. The molecule has 1 N–H and O–H groups in total. The lowest BCUT2D eigenvalue weighted by molar-refractivity contribution is -0.146. The molecule has 1 saturated heterocycles. The second-order valence-electron chi connectivity index (χ2n) is 10.1. The highest BCUT2D eigenvalue weighted by atomic mass is 32.2. The van der Waals surface area contributed by atoms with E-state index in [9.17, 15) is 31.4 Å². The van der Waals surface area contributed by atoms with Crippen molar-refractivity contribution < 1.29 is 40.9 Å². The van der Waals surface area contributed by atoms with Crippen molar-refractivity contribution in [2.24, 2.45) is 0 Å². The molecule has 1 aliphatic heterocycles. The van der Waals surface area contributed by atoms with Crippen LogP contribution in [0.25, 0.3) is 6.08 Å². The van der Waals surface area contributed by atoms with Gasteiger partial charge in [-0.1, -0.05) is 48.6 Å². The standard InChI is InChI=1S/C29H29F6N3O3S/c1-26(2,27(39,17-38-19-36-18-37-38)21-11-13-22(14-12-21)28(30,31)32)42-23-15-40-25(41-16-23)10-6-4-8-20-7-3-5-9-24(20)29(33,34)35/h3-14,18-19,23,25,39H,15-17H2,1-2H3/b8-4+,10-6+/t23-,25-,27?. The predicted molar refractivity (Wildman–Crippen MR) is 146 cm³/mol. The van der Waals surface area contributed by atoms with Crippen LogP contribution in [-0.2, 0) is 34.0 Å². The van der Waals surface area contributed by atoms with Crippen LogP contribution in [-0.4, -0.2) is 49.4 Å². The quantitative estimate of drug-likeness (QED) is 0.213. The summed E-state index contributed by atoms with van der Waals surface area (Å²) < 4.78 is 91.0. The molecule has 1 fully saturated rings. The van der Waals surface area contributed by atoms with Crippen molar-refractivity contribution in [3.8, 4) is 0 Å². The molecule has 0 amide bonds. The molecule has 1 aliphatic rings. The topological polar surface area (TPSA) is 69.4 Å². The number of ether oxygens (including phenoxy) is 2. The van der Waals surface area contributed by atoms with Gasteiger partial charge in [0.05, 0.1) is 36.1 Å². The van der Waals surface area contributed by atoms with Gasteiger partial charge < -0.3 is 14.6 Å². The van der Waals surface area contributed by atoms with Gasteiger partial charge in [0, 0.05) is 4.75 Å². The summed E-state index contributed by atoms with van der Waals surface area (Å²) >= 11 is 1.36. The van der Waals surface area contributed by atoms with Crippen molar-refractivity contribution >= 4 is 17.8 Å². The minimum Gasteiger partial charge on any atom is -0.382 e. The highest BCUT2D eigenvalue weighted by Crippen LogP contribution is 2.46. The third-order valence-corrected chi connectivity index (χ3v) is 8.35. The SMILES string of the molecule is CC(C)(S[C@H]1CO[C@H](/C=C/C=C/c2ccccc2C(F)(F)F)OC1)C(O)(Cn1cncn1)c1ccc(C(F)(F)F)cc1. The van der Waals surface area contributed by atoms with Crippen molar-refractivity contribution in [1.82, 2.24) is 14.8 Å². The van der Waals surface area contributed by atoms with E-state index in [-0.39, 0.29) is 36.1 Å². The zero-order chi connectivity index (χ0) is 30.6. The molecule has 1 aromatic heterocycles. The van der Waals surface area contributed by atoms with Crippen LogP contribution in [0.1, 0.15) is 36.1 Å². The number of alkyl halides is 6. The number of rotatable bonds is 9. The summed E-state index contributed by atoms with van der Waals surface area (Å²) in [5.41, 5.74) is -2.91. The van der Waals surface area contributed by atoms with Gasteiger partial charge in [-0.25, -0.2) is 9.67 Å². The van der Waals surface area contributed by atoms with Crippen LogP contribution in [0.4, 0.5) is 26.3 Å². The van der Waals surface area contributed by atoms with Gasteiger partial charge in [-0.05, 0) is 49.2 Å². The molecule has 2 aromatic carbocycles. The normalized spacial score (nSPS) is 20.3.